The summed E-state index contributed by atoms with van der Waals surface area (Å²) in [6, 6.07) is 15.4. The Labute approximate surface area is 160 Å². The van der Waals surface area contributed by atoms with Gasteiger partial charge in [0.15, 0.2) is 11.6 Å². The molecule has 2 aromatic heterocycles. The Balaban J connectivity index is 1.58. The number of nitrogens with zero attached hydrogens (tertiary/aromatic N) is 3. The molecule has 0 aliphatic rings. The lowest BCUT2D eigenvalue weighted by molar-refractivity contribution is 0.427. The van der Waals surface area contributed by atoms with Crippen LogP contribution in [0.25, 0.3) is 34.1 Å². The van der Waals surface area contributed by atoms with Gasteiger partial charge in [-0.15, -0.1) is 0 Å². The van der Waals surface area contributed by atoms with E-state index < -0.39 is 11.6 Å². The third-order valence-electron chi connectivity index (χ3n) is 4.41. The number of rotatable bonds is 5. The molecule has 0 aliphatic heterocycles. The third-order valence-corrected chi connectivity index (χ3v) is 4.41. The van der Waals surface area contributed by atoms with E-state index >= 15 is 0 Å². The van der Waals surface area contributed by atoms with Crippen LogP contribution in [0, 0.1) is 11.6 Å². The lowest BCUT2D eigenvalue weighted by atomic mass is 10.1. The van der Waals surface area contributed by atoms with Crippen molar-refractivity contribution in [3.63, 3.8) is 0 Å². The van der Waals surface area contributed by atoms with E-state index in [-0.39, 0.29) is 11.5 Å². The lowest BCUT2D eigenvalue weighted by Gasteiger charge is -2.03. The number of halogens is 2. The standard InChI is InChI=1S/C22H17F2N3O/c1-2-4-14-7-12-19(25-13-14)15-8-10-16(11-9-15)21-26-22(28-27-21)17-5-3-6-18(23)20(17)24/h3,5-13H,2,4H2,1H3. The maximum atomic E-state index is 13.9. The van der Waals surface area contributed by atoms with E-state index in [1.165, 1.54) is 17.7 Å². The smallest absolute Gasteiger partial charge is 0.261 e. The average Bonchev–Trinajstić information content (AvgIpc) is 3.21. The molecule has 0 aliphatic carbocycles. The molecule has 0 bridgehead atoms. The molecule has 4 aromatic rings. The van der Waals surface area contributed by atoms with Crippen LogP contribution >= 0.6 is 0 Å². The number of hydrogen-bond acceptors (Lipinski definition) is 4. The first kappa shape index (κ1) is 18.0. The molecule has 2 heterocycles. The fraction of sp³-hybridized carbons (Fsp3) is 0.136. The van der Waals surface area contributed by atoms with Gasteiger partial charge in [-0.3, -0.25) is 4.98 Å². The van der Waals surface area contributed by atoms with Gasteiger partial charge >= 0.3 is 0 Å². The van der Waals surface area contributed by atoms with Gasteiger partial charge in [0.05, 0.1) is 11.3 Å². The molecule has 140 valence electrons. The molecule has 4 rings (SSSR count). The summed E-state index contributed by atoms with van der Waals surface area (Å²) in [5, 5.41) is 3.88. The van der Waals surface area contributed by atoms with E-state index in [1.807, 2.05) is 36.5 Å². The van der Waals surface area contributed by atoms with Crippen LogP contribution in [0.3, 0.4) is 0 Å². The fourth-order valence-corrected chi connectivity index (χ4v) is 2.94. The second-order valence-electron chi connectivity index (χ2n) is 6.40. The minimum Gasteiger partial charge on any atom is -0.334 e. The Kier molecular flexibility index (Phi) is 4.93. The van der Waals surface area contributed by atoms with Crippen molar-refractivity contribution in [2.75, 3.05) is 0 Å². The van der Waals surface area contributed by atoms with E-state index in [1.54, 1.807) is 0 Å². The summed E-state index contributed by atoms with van der Waals surface area (Å²) >= 11 is 0. The molecule has 0 saturated heterocycles. The molecule has 2 aromatic carbocycles. The molecule has 0 unspecified atom stereocenters. The van der Waals surface area contributed by atoms with Gasteiger partial charge in [0.1, 0.15) is 0 Å². The molecule has 0 spiro atoms. The van der Waals surface area contributed by atoms with Crippen molar-refractivity contribution in [3.05, 3.63) is 78.0 Å². The van der Waals surface area contributed by atoms with E-state index in [2.05, 4.69) is 28.1 Å². The summed E-state index contributed by atoms with van der Waals surface area (Å²) in [4.78, 5) is 8.69. The summed E-state index contributed by atoms with van der Waals surface area (Å²) in [7, 11) is 0. The highest BCUT2D eigenvalue weighted by molar-refractivity contribution is 5.66. The molecule has 6 heteroatoms. The van der Waals surface area contributed by atoms with Crippen molar-refractivity contribution in [3.8, 4) is 34.1 Å². The predicted molar refractivity (Wildman–Crippen MR) is 102 cm³/mol. The minimum atomic E-state index is -1.01. The second kappa shape index (κ2) is 7.68. The van der Waals surface area contributed by atoms with E-state index in [9.17, 15) is 8.78 Å². The van der Waals surface area contributed by atoms with Gasteiger partial charge in [-0.05, 0) is 30.2 Å². The SMILES string of the molecule is CCCc1ccc(-c2ccc(-c3noc(-c4cccc(F)c4F)n3)cc2)nc1. The average molecular weight is 377 g/mol. The van der Waals surface area contributed by atoms with Crippen LogP contribution in [0.1, 0.15) is 18.9 Å². The van der Waals surface area contributed by atoms with E-state index in [4.69, 9.17) is 4.52 Å². The maximum Gasteiger partial charge on any atom is 0.261 e. The molecule has 0 saturated carbocycles. The van der Waals surface area contributed by atoms with Crippen molar-refractivity contribution >= 4 is 0 Å². The van der Waals surface area contributed by atoms with Gasteiger partial charge in [-0.1, -0.05) is 54.9 Å². The van der Waals surface area contributed by atoms with Crippen LogP contribution in [-0.4, -0.2) is 15.1 Å². The zero-order chi connectivity index (χ0) is 19.5. The van der Waals surface area contributed by atoms with Gasteiger partial charge in [0.2, 0.25) is 5.82 Å². The van der Waals surface area contributed by atoms with Crippen molar-refractivity contribution in [1.82, 2.24) is 15.1 Å². The van der Waals surface area contributed by atoms with Crippen LogP contribution < -0.4 is 0 Å². The first-order valence-corrected chi connectivity index (χ1v) is 8.99. The van der Waals surface area contributed by atoms with Crippen molar-refractivity contribution in [1.29, 1.82) is 0 Å². The van der Waals surface area contributed by atoms with Gasteiger partial charge in [-0.25, -0.2) is 8.78 Å². The summed E-state index contributed by atoms with van der Waals surface area (Å²) in [5.41, 5.74) is 3.70. The topological polar surface area (TPSA) is 51.8 Å². The number of aryl methyl sites for hydroxylation is 1. The zero-order valence-corrected chi connectivity index (χ0v) is 15.2. The monoisotopic (exact) mass is 377 g/mol. The summed E-state index contributed by atoms with van der Waals surface area (Å²) < 4.78 is 32.4. The Morgan fingerprint density at radius 2 is 1.71 bits per heavy atom. The maximum absolute atomic E-state index is 13.9. The number of aromatic nitrogens is 3. The van der Waals surface area contributed by atoms with Crippen LogP contribution in [0.15, 0.2) is 65.3 Å². The molecule has 0 atom stereocenters. The fourth-order valence-electron chi connectivity index (χ4n) is 2.94. The van der Waals surface area contributed by atoms with Crippen LogP contribution in [0.2, 0.25) is 0 Å². The normalized spacial score (nSPS) is 11.0. The highest BCUT2D eigenvalue weighted by Crippen LogP contribution is 2.27. The summed E-state index contributed by atoms with van der Waals surface area (Å²) in [6.45, 7) is 2.14. The Morgan fingerprint density at radius 3 is 2.43 bits per heavy atom. The predicted octanol–water partition coefficient (Wildman–Crippen LogP) is 5.70. The van der Waals surface area contributed by atoms with Crippen molar-refractivity contribution < 1.29 is 13.3 Å². The Bertz CT molecular complexity index is 1090. The summed E-state index contributed by atoms with van der Waals surface area (Å²) in [6.07, 6.45) is 3.99. The number of hydrogen-bond donors (Lipinski definition) is 0. The number of pyridine rings is 1. The largest absolute Gasteiger partial charge is 0.334 e. The van der Waals surface area contributed by atoms with Crippen LogP contribution in [0.5, 0.6) is 0 Å². The summed E-state index contributed by atoms with van der Waals surface area (Å²) in [5.74, 6) is -1.73. The first-order valence-electron chi connectivity index (χ1n) is 8.99. The molecule has 0 N–H and O–H groups in total. The quantitative estimate of drug-likeness (QED) is 0.448. The van der Waals surface area contributed by atoms with Gasteiger partial charge in [-0.2, -0.15) is 4.98 Å². The minimum absolute atomic E-state index is 0.0632. The lowest BCUT2D eigenvalue weighted by Crippen LogP contribution is -1.89. The molecular formula is C22H17F2N3O. The van der Waals surface area contributed by atoms with Gasteiger partial charge in [0.25, 0.3) is 5.89 Å². The van der Waals surface area contributed by atoms with Gasteiger partial charge in [0, 0.05) is 17.3 Å². The molecular weight excluding hydrogens is 360 g/mol. The molecule has 4 nitrogen and oxygen atoms in total. The van der Waals surface area contributed by atoms with Gasteiger partial charge < -0.3 is 4.52 Å². The molecule has 0 amide bonds. The van der Waals surface area contributed by atoms with Crippen molar-refractivity contribution in [2.45, 2.75) is 19.8 Å². The number of benzene rings is 2. The van der Waals surface area contributed by atoms with Crippen LogP contribution in [-0.2, 0) is 6.42 Å². The highest BCUT2D eigenvalue weighted by atomic mass is 19.2. The molecule has 0 fully saturated rings. The Hall–Kier alpha value is -3.41. The van der Waals surface area contributed by atoms with E-state index in [0.29, 0.717) is 11.4 Å². The van der Waals surface area contributed by atoms with Crippen molar-refractivity contribution in [2.24, 2.45) is 0 Å². The van der Waals surface area contributed by atoms with Crippen LogP contribution in [0.4, 0.5) is 8.78 Å². The third kappa shape index (κ3) is 3.53. The second-order valence-corrected chi connectivity index (χ2v) is 6.40. The Morgan fingerprint density at radius 1 is 0.929 bits per heavy atom. The van der Waals surface area contributed by atoms with E-state index in [0.717, 1.165) is 30.2 Å². The zero-order valence-electron chi connectivity index (χ0n) is 15.2. The molecule has 0 radical (unpaired) electrons. The molecule has 28 heavy (non-hydrogen) atoms. The highest BCUT2D eigenvalue weighted by Gasteiger charge is 2.17. The first-order chi connectivity index (χ1) is 13.7.